The first-order valence-corrected chi connectivity index (χ1v) is 6.04. The molecule has 0 amide bonds. The van der Waals surface area contributed by atoms with Gasteiger partial charge in [-0.05, 0) is 5.92 Å². The van der Waals surface area contributed by atoms with Crippen LogP contribution in [-0.4, -0.2) is 63.6 Å². The van der Waals surface area contributed by atoms with E-state index >= 15 is 0 Å². The second-order valence-electron chi connectivity index (χ2n) is 3.97. The molecule has 1 unspecified atom stereocenters. The normalized spacial score (nSPS) is 13.4. The average Bonchev–Trinajstić information content (AvgIpc) is 2.45. The summed E-state index contributed by atoms with van der Waals surface area (Å²) in [5.41, 5.74) is 14.6. The second kappa shape index (κ2) is 14.7. The van der Waals surface area contributed by atoms with E-state index < -0.39 is 36.6 Å². The van der Waals surface area contributed by atoms with Crippen LogP contribution in [0.15, 0.2) is 0 Å². The van der Waals surface area contributed by atoms with Crippen LogP contribution in [0.1, 0.15) is 20.3 Å². The van der Waals surface area contributed by atoms with Crippen LogP contribution in [0.25, 0.3) is 0 Å². The third kappa shape index (κ3) is 18.2. The second-order valence-corrected chi connectivity index (χ2v) is 3.97. The first kappa shape index (κ1) is 24.3. The number of aliphatic hydroxyl groups is 1. The van der Waals surface area contributed by atoms with Gasteiger partial charge in [-0.1, -0.05) is 20.3 Å². The lowest BCUT2D eigenvalue weighted by Gasteiger charge is -2.11. The SMILES string of the molecule is CCC(C)[C@H](N)C(=O)O.NCC(=O)O.N[C@@H](CO)C(=O)O. The van der Waals surface area contributed by atoms with Crippen LogP contribution in [0.3, 0.4) is 0 Å². The Bertz CT molecular complexity index is 312. The van der Waals surface area contributed by atoms with Crippen molar-refractivity contribution in [1.82, 2.24) is 0 Å². The number of rotatable bonds is 6. The zero-order valence-electron chi connectivity index (χ0n) is 12.1. The van der Waals surface area contributed by atoms with Gasteiger partial charge in [-0.15, -0.1) is 0 Å². The van der Waals surface area contributed by atoms with Gasteiger partial charge in [0.05, 0.1) is 13.2 Å². The quantitative estimate of drug-likeness (QED) is 0.283. The zero-order chi connectivity index (χ0) is 17.6. The molecule has 126 valence electrons. The molecule has 0 saturated heterocycles. The smallest absolute Gasteiger partial charge is 0.322 e. The van der Waals surface area contributed by atoms with Crippen molar-refractivity contribution >= 4 is 17.9 Å². The summed E-state index contributed by atoms with van der Waals surface area (Å²) in [4.78, 5) is 29.1. The molecule has 0 aromatic heterocycles. The lowest BCUT2D eigenvalue weighted by atomic mass is 10.0. The van der Waals surface area contributed by atoms with Crippen LogP contribution >= 0.6 is 0 Å². The molecule has 0 aromatic rings. The van der Waals surface area contributed by atoms with Crippen LogP contribution in [0.2, 0.25) is 0 Å². The van der Waals surface area contributed by atoms with E-state index in [1.807, 2.05) is 13.8 Å². The molecule has 10 nitrogen and oxygen atoms in total. The largest absolute Gasteiger partial charge is 0.480 e. The number of hydrogen-bond donors (Lipinski definition) is 7. The highest BCUT2D eigenvalue weighted by molar-refractivity contribution is 5.73. The van der Waals surface area contributed by atoms with Crippen LogP contribution in [0.4, 0.5) is 0 Å². The van der Waals surface area contributed by atoms with Gasteiger partial charge >= 0.3 is 17.9 Å². The lowest BCUT2D eigenvalue weighted by Crippen LogP contribution is -2.36. The molecule has 0 radical (unpaired) electrons. The van der Waals surface area contributed by atoms with E-state index in [-0.39, 0.29) is 12.5 Å². The van der Waals surface area contributed by atoms with E-state index in [0.717, 1.165) is 6.42 Å². The molecule has 10 heteroatoms. The molecule has 0 aliphatic rings. The minimum atomic E-state index is -1.18. The Morgan fingerprint density at radius 2 is 1.43 bits per heavy atom. The Kier molecular flexibility index (Phi) is 16.9. The van der Waals surface area contributed by atoms with E-state index in [2.05, 4.69) is 5.73 Å². The highest BCUT2D eigenvalue weighted by Crippen LogP contribution is 2.04. The molecule has 0 saturated carbocycles. The van der Waals surface area contributed by atoms with E-state index in [0.29, 0.717) is 0 Å². The molecule has 0 rings (SSSR count). The molecule has 0 spiro atoms. The van der Waals surface area contributed by atoms with Gasteiger partial charge in [0.2, 0.25) is 0 Å². The van der Waals surface area contributed by atoms with Crippen molar-refractivity contribution in [3.05, 3.63) is 0 Å². The molecule has 3 atom stereocenters. The van der Waals surface area contributed by atoms with Crippen molar-refractivity contribution < 1.29 is 34.8 Å². The summed E-state index contributed by atoms with van der Waals surface area (Å²) in [6.07, 6.45) is 0.813. The molecule has 0 heterocycles. The van der Waals surface area contributed by atoms with Gasteiger partial charge in [-0.3, -0.25) is 14.4 Å². The van der Waals surface area contributed by atoms with Crippen LogP contribution in [0.5, 0.6) is 0 Å². The Morgan fingerprint density at radius 1 is 1.05 bits per heavy atom. The summed E-state index contributed by atoms with van der Waals surface area (Å²) in [5.74, 6) is -2.99. The highest BCUT2D eigenvalue weighted by Gasteiger charge is 2.17. The van der Waals surface area contributed by atoms with Crippen molar-refractivity contribution in [1.29, 1.82) is 0 Å². The lowest BCUT2D eigenvalue weighted by molar-refractivity contribution is -0.140. The van der Waals surface area contributed by atoms with E-state index in [1.54, 1.807) is 0 Å². The molecular weight excluding hydrogens is 286 g/mol. The number of carboxylic acids is 3. The fraction of sp³-hybridized carbons (Fsp3) is 0.727. The van der Waals surface area contributed by atoms with E-state index in [1.165, 1.54) is 0 Å². The van der Waals surface area contributed by atoms with Gasteiger partial charge < -0.3 is 37.6 Å². The van der Waals surface area contributed by atoms with Crippen molar-refractivity contribution in [2.75, 3.05) is 13.2 Å². The summed E-state index contributed by atoms with van der Waals surface area (Å²) in [6.45, 7) is 2.97. The van der Waals surface area contributed by atoms with Gasteiger partial charge in [-0.2, -0.15) is 0 Å². The van der Waals surface area contributed by atoms with Gasteiger partial charge in [-0.25, -0.2) is 0 Å². The van der Waals surface area contributed by atoms with Crippen molar-refractivity contribution in [3.8, 4) is 0 Å². The summed E-state index contributed by atoms with van der Waals surface area (Å²) >= 11 is 0. The average molecular weight is 311 g/mol. The predicted octanol–water partition coefficient (Wildman–Crippen LogP) is -2.14. The Labute approximate surface area is 122 Å². The molecule has 0 aliphatic heterocycles. The maximum Gasteiger partial charge on any atom is 0.322 e. The van der Waals surface area contributed by atoms with Crippen molar-refractivity contribution in [2.24, 2.45) is 23.1 Å². The fourth-order valence-electron chi connectivity index (χ4n) is 0.575. The zero-order valence-corrected chi connectivity index (χ0v) is 12.1. The third-order valence-corrected chi connectivity index (χ3v) is 2.23. The maximum atomic E-state index is 10.2. The van der Waals surface area contributed by atoms with Gasteiger partial charge in [0.1, 0.15) is 12.1 Å². The Morgan fingerprint density at radius 3 is 1.48 bits per heavy atom. The molecule has 0 aliphatic carbocycles. The monoisotopic (exact) mass is 311 g/mol. The van der Waals surface area contributed by atoms with Crippen LogP contribution in [0, 0.1) is 5.92 Å². The van der Waals surface area contributed by atoms with Crippen LogP contribution in [-0.2, 0) is 14.4 Å². The number of nitrogens with two attached hydrogens (primary N) is 3. The minimum absolute atomic E-state index is 0.0718. The molecule has 0 bridgehead atoms. The number of carbonyl (C=O) groups is 3. The summed E-state index contributed by atoms with van der Waals surface area (Å²) in [6, 6.07) is -1.82. The van der Waals surface area contributed by atoms with Gasteiger partial charge in [0, 0.05) is 0 Å². The Hall–Kier alpha value is -1.75. The molecular formula is C11H25N3O7. The van der Waals surface area contributed by atoms with E-state index in [9.17, 15) is 14.4 Å². The summed E-state index contributed by atoms with van der Waals surface area (Å²) in [7, 11) is 0. The number of aliphatic carboxylic acids is 3. The van der Waals surface area contributed by atoms with E-state index in [4.69, 9.17) is 31.9 Å². The van der Waals surface area contributed by atoms with Crippen molar-refractivity contribution in [2.45, 2.75) is 32.4 Å². The summed E-state index contributed by atoms with van der Waals surface area (Å²) in [5, 5.41) is 31.9. The number of carboxylic acid groups (broad SMARTS) is 3. The third-order valence-electron chi connectivity index (χ3n) is 2.23. The first-order valence-electron chi connectivity index (χ1n) is 6.04. The van der Waals surface area contributed by atoms with Crippen molar-refractivity contribution in [3.63, 3.8) is 0 Å². The number of aliphatic hydroxyl groups excluding tert-OH is 1. The Balaban J connectivity index is -0.000000242. The maximum absolute atomic E-state index is 10.2. The molecule has 0 aromatic carbocycles. The highest BCUT2D eigenvalue weighted by atomic mass is 16.4. The minimum Gasteiger partial charge on any atom is -0.480 e. The van der Waals surface area contributed by atoms with Crippen LogP contribution < -0.4 is 17.2 Å². The topological polar surface area (TPSA) is 210 Å². The molecule has 10 N–H and O–H groups in total. The van der Waals surface area contributed by atoms with Gasteiger partial charge in [0.25, 0.3) is 0 Å². The molecule has 0 fully saturated rings. The van der Waals surface area contributed by atoms with Gasteiger partial charge in [0.15, 0.2) is 0 Å². The predicted molar refractivity (Wildman–Crippen MR) is 74.5 cm³/mol. The molecule has 21 heavy (non-hydrogen) atoms. The summed E-state index contributed by atoms with van der Waals surface area (Å²) < 4.78 is 0. The fourth-order valence-corrected chi connectivity index (χ4v) is 0.575. The number of hydrogen-bond acceptors (Lipinski definition) is 7. The standard InChI is InChI=1S/C6H13NO2.C3H7NO3.C2H5NO2/c1-3-4(2)5(7)6(8)9;4-2(1-5)3(6)7;3-1-2(4)5/h4-5H,3,7H2,1-2H3,(H,8,9);2,5H,1,4H2,(H,6,7);1,3H2,(H,4,5)/t4?,5-;2-;/m00./s1. The first-order chi connectivity index (χ1) is 9.54.